The second kappa shape index (κ2) is 4.57. The molecular formula is C11H14F2N2. The highest BCUT2D eigenvalue weighted by Crippen LogP contribution is 2.21. The van der Waals surface area contributed by atoms with Gasteiger partial charge in [0.2, 0.25) is 0 Å². The van der Waals surface area contributed by atoms with Gasteiger partial charge in [-0.3, -0.25) is 0 Å². The standard InChI is InChI=1S/C11H14F2N2/c12-8-9-1-2-11(10(13)7-9)15-5-3-14-4-6-15/h1-2,7,14H,3-6,8H2. The molecule has 1 saturated heterocycles. The van der Waals surface area contributed by atoms with Crippen molar-refractivity contribution in [3.63, 3.8) is 0 Å². The largest absolute Gasteiger partial charge is 0.367 e. The fourth-order valence-corrected chi connectivity index (χ4v) is 1.80. The highest BCUT2D eigenvalue weighted by Gasteiger charge is 2.14. The highest BCUT2D eigenvalue weighted by molar-refractivity contribution is 5.49. The van der Waals surface area contributed by atoms with Crippen molar-refractivity contribution in [3.8, 4) is 0 Å². The van der Waals surface area contributed by atoms with Gasteiger partial charge < -0.3 is 10.2 Å². The first-order chi connectivity index (χ1) is 7.31. The first-order valence-electron chi connectivity index (χ1n) is 5.11. The number of piperazine rings is 1. The van der Waals surface area contributed by atoms with E-state index in [2.05, 4.69) is 5.32 Å². The summed E-state index contributed by atoms with van der Waals surface area (Å²) in [6.45, 7) is 2.71. The van der Waals surface area contributed by atoms with E-state index < -0.39 is 6.67 Å². The Labute approximate surface area is 87.9 Å². The van der Waals surface area contributed by atoms with Crippen LogP contribution in [0.1, 0.15) is 5.56 Å². The van der Waals surface area contributed by atoms with Crippen LogP contribution in [0.15, 0.2) is 18.2 Å². The number of hydrogen-bond acceptors (Lipinski definition) is 2. The zero-order valence-corrected chi connectivity index (χ0v) is 8.47. The van der Waals surface area contributed by atoms with Crippen LogP contribution >= 0.6 is 0 Å². The molecule has 1 aliphatic rings. The Morgan fingerprint density at radius 2 is 2.00 bits per heavy atom. The van der Waals surface area contributed by atoms with Crippen LogP contribution in [0.2, 0.25) is 0 Å². The topological polar surface area (TPSA) is 15.3 Å². The summed E-state index contributed by atoms with van der Waals surface area (Å²) < 4.78 is 25.9. The van der Waals surface area contributed by atoms with E-state index in [1.165, 1.54) is 6.07 Å². The molecule has 1 aromatic rings. The fourth-order valence-electron chi connectivity index (χ4n) is 1.80. The summed E-state index contributed by atoms with van der Waals surface area (Å²) in [6, 6.07) is 4.58. The Kier molecular flexibility index (Phi) is 3.16. The third kappa shape index (κ3) is 2.26. The highest BCUT2D eigenvalue weighted by atomic mass is 19.1. The summed E-state index contributed by atoms with van der Waals surface area (Å²) >= 11 is 0. The Morgan fingerprint density at radius 3 is 2.60 bits per heavy atom. The fraction of sp³-hybridized carbons (Fsp3) is 0.455. The molecule has 1 aliphatic heterocycles. The van der Waals surface area contributed by atoms with Crippen LogP contribution in [0.3, 0.4) is 0 Å². The van der Waals surface area contributed by atoms with Crippen LogP contribution in [0, 0.1) is 5.82 Å². The van der Waals surface area contributed by atoms with Crippen LogP contribution in [0.5, 0.6) is 0 Å². The number of anilines is 1. The summed E-state index contributed by atoms with van der Waals surface area (Å²) in [7, 11) is 0. The maximum Gasteiger partial charge on any atom is 0.146 e. The monoisotopic (exact) mass is 212 g/mol. The quantitative estimate of drug-likeness (QED) is 0.802. The van der Waals surface area contributed by atoms with Crippen molar-refractivity contribution in [1.29, 1.82) is 0 Å². The Hall–Kier alpha value is -1.16. The minimum Gasteiger partial charge on any atom is -0.367 e. The van der Waals surface area contributed by atoms with Gasteiger partial charge in [-0.15, -0.1) is 0 Å². The lowest BCUT2D eigenvalue weighted by atomic mass is 10.2. The van der Waals surface area contributed by atoms with Gasteiger partial charge in [0.05, 0.1) is 5.69 Å². The molecule has 0 radical (unpaired) electrons. The molecule has 0 saturated carbocycles. The van der Waals surface area contributed by atoms with E-state index in [0.717, 1.165) is 26.2 Å². The van der Waals surface area contributed by atoms with E-state index >= 15 is 0 Å². The van der Waals surface area contributed by atoms with Gasteiger partial charge in [-0.2, -0.15) is 0 Å². The average Bonchev–Trinajstić information content (AvgIpc) is 2.30. The minimum atomic E-state index is -0.612. The zero-order valence-electron chi connectivity index (χ0n) is 8.47. The Bertz CT molecular complexity index is 335. The number of benzene rings is 1. The van der Waals surface area contributed by atoms with E-state index in [4.69, 9.17) is 0 Å². The van der Waals surface area contributed by atoms with Gasteiger partial charge >= 0.3 is 0 Å². The number of halogens is 2. The van der Waals surface area contributed by atoms with Gasteiger partial charge in [0.25, 0.3) is 0 Å². The van der Waals surface area contributed by atoms with Gasteiger partial charge in [-0.25, -0.2) is 8.78 Å². The maximum atomic E-state index is 13.6. The van der Waals surface area contributed by atoms with Gasteiger partial charge in [-0.1, -0.05) is 6.07 Å². The summed E-state index contributed by atoms with van der Waals surface area (Å²) in [5.41, 5.74) is 0.972. The molecule has 1 N–H and O–H groups in total. The van der Waals surface area contributed by atoms with Crippen molar-refractivity contribution in [2.45, 2.75) is 6.67 Å². The van der Waals surface area contributed by atoms with Crippen LogP contribution in [0.4, 0.5) is 14.5 Å². The summed E-state index contributed by atoms with van der Waals surface area (Å²) in [5.74, 6) is -0.327. The van der Waals surface area contributed by atoms with Crippen LogP contribution in [0.25, 0.3) is 0 Å². The molecule has 4 heteroatoms. The Balaban J connectivity index is 2.19. The number of nitrogens with one attached hydrogen (secondary N) is 1. The van der Waals surface area contributed by atoms with Crippen molar-refractivity contribution in [1.82, 2.24) is 5.32 Å². The van der Waals surface area contributed by atoms with E-state index in [0.29, 0.717) is 11.3 Å². The molecular weight excluding hydrogens is 198 g/mol. The summed E-state index contributed by atoms with van der Waals surface area (Å²) in [5, 5.41) is 3.20. The third-order valence-corrected chi connectivity index (χ3v) is 2.62. The average molecular weight is 212 g/mol. The molecule has 0 spiro atoms. The molecule has 82 valence electrons. The van der Waals surface area contributed by atoms with Gasteiger partial charge in [0.1, 0.15) is 12.5 Å². The van der Waals surface area contributed by atoms with Crippen molar-refractivity contribution < 1.29 is 8.78 Å². The lowest BCUT2D eigenvalue weighted by Gasteiger charge is -2.29. The van der Waals surface area contributed by atoms with Crippen molar-refractivity contribution >= 4 is 5.69 Å². The molecule has 15 heavy (non-hydrogen) atoms. The first-order valence-corrected chi connectivity index (χ1v) is 5.11. The molecule has 0 atom stereocenters. The number of rotatable bonds is 2. The molecule has 1 heterocycles. The van der Waals surface area contributed by atoms with Gasteiger partial charge in [0.15, 0.2) is 0 Å². The van der Waals surface area contributed by atoms with E-state index in [-0.39, 0.29) is 5.82 Å². The number of hydrogen-bond donors (Lipinski definition) is 1. The van der Waals surface area contributed by atoms with Crippen molar-refractivity contribution in [3.05, 3.63) is 29.6 Å². The molecule has 0 aliphatic carbocycles. The number of alkyl halides is 1. The van der Waals surface area contributed by atoms with Gasteiger partial charge in [-0.05, 0) is 17.7 Å². The van der Waals surface area contributed by atoms with Crippen molar-refractivity contribution in [2.75, 3.05) is 31.1 Å². The molecule has 2 rings (SSSR count). The molecule has 0 unspecified atom stereocenters. The van der Waals surface area contributed by atoms with Gasteiger partial charge in [0, 0.05) is 26.2 Å². The first kappa shape index (κ1) is 10.4. The summed E-state index contributed by atoms with van der Waals surface area (Å²) in [6.07, 6.45) is 0. The normalized spacial score (nSPS) is 16.8. The van der Waals surface area contributed by atoms with Crippen LogP contribution < -0.4 is 10.2 Å². The minimum absolute atomic E-state index is 0.327. The second-order valence-electron chi connectivity index (χ2n) is 3.66. The molecule has 1 fully saturated rings. The predicted molar refractivity (Wildman–Crippen MR) is 56.3 cm³/mol. The zero-order chi connectivity index (χ0) is 10.7. The summed E-state index contributed by atoms with van der Waals surface area (Å²) in [4.78, 5) is 1.98. The molecule has 0 amide bonds. The predicted octanol–water partition coefficient (Wildman–Crippen LogP) is 1.70. The second-order valence-corrected chi connectivity index (χ2v) is 3.66. The molecule has 2 nitrogen and oxygen atoms in total. The lowest BCUT2D eigenvalue weighted by Crippen LogP contribution is -2.43. The van der Waals surface area contributed by atoms with Crippen LogP contribution in [-0.4, -0.2) is 26.2 Å². The Morgan fingerprint density at radius 1 is 1.27 bits per heavy atom. The number of nitrogens with zero attached hydrogens (tertiary/aromatic N) is 1. The lowest BCUT2D eigenvalue weighted by molar-refractivity contribution is 0.482. The van der Waals surface area contributed by atoms with E-state index in [1.54, 1.807) is 12.1 Å². The molecule has 0 bridgehead atoms. The SMILES string of the molecule is FCc1ccc(N2CCNCC2)c(F)c1. The third-order valence-electron chi connectivity index (χ3n) is 2.62. The smallest absolute Gasteiger partial charge is 0.146 e. The molecule has 0 aromatic heterocycles. The van der Waals surface area contributed by atoms with E-state index in [1.807, 2.05) is 4.90 Å². The van der Waals surface area contributed by atoms with Crippen molar-refractivity contribution in [2.24, 2.45) is 0 Å². The van der Waals surface area contributed by atoms with Crippen LogP contribution in [-0.2, 0) is 6.67 Å². The van der Waals surface area contributed by atoms with E-state index in [9.17, 15) is 8.78 Å². The molecule has 1 aromatic carbocycles. The maximum absolute atomic E-state index is 13.6.